The molecule has 0 fully saturated rings. The van der Waals surface area contributed by atoms with E-state index in [1.165, 1.54) is 0 Å². The van der Waals surface area contributed by atoms with Crippen molar-refractivity contribution in [1.29, 1.82) is 0 Å². The van der Waals surface area contributed by atoms with Crippen molar-refractivity contribution in [2.45, 2.75) is 26.4 Å². The topological polar surface area (TPSA) is 9.23 Å². The second kappa shape index (κ2) is 5.84. The lowest BCUT2D eigenvalue weighted by Gasteiger charge is -2.06. The van der Waals surface area contributed by atoms with Gasteiger partial charge < -0.3 is 4.74 Å². The molecule has 0 heterocycles. The third-order valence-corrected chi connectivity index (χ3v) is 2.08. The molecule has 0 aromatic heterocycles. The molecule has 0 amide bonds. The van der Waals surface area contributed by atoms with Gasteiger partial charge in [-0.2, -0.15) is 0 Å². The minimum absolute atomic E-state index is 0.264. The summed E-state index contributed by atoms with van der Waals surface area (Å²) in [5, 5.41) is 0. The summed E-state index contributed by atoms with van der Waals surface area (Å²) in [6.07, 6.45) is 1.67. The molecular weight excluding hydrogens is 224 g/mol. The lowest BCUT2D eigenvalue weighted by Crippen LogP contribution is -2.04. The van der Waals surface area contributed by atoms with E-state index >= 15 is 0 Å². The minimum atomic E-state index is -1.80. The molecule has 0 radical (unpaired) electrons. The number of hydrogen-bond acceptors (Lipinski definition) is 1. The Bertz CT molecular complexity index is 365. The van der Waals surface area contributed by atoms with E-state index in [2.05, 4.69) is 0 Å². The van der Waals surface area contributed by atoms with Gasteiger partial charge in [0.25, 0.3) is 0 Å². The van der Waals surface area contributed by atoms with Crippen molar-refractivity contribution in [2.75, 3.05) is 6.61 Å². The zero-order valence-corrected chi connectivity index (χ0v) is 8.83. The zero-order valence-electron chi connectivity index (χ0n) is 8.83. The van der Waals surface area contributed by atoms with E-state index in [9.17, 15) is 17.6 Å². The molecule has 1 nitrogen and oxygen atoms in total. The Morgan fingerprint density at radius 3 is 2.38 bits per heavy atom. The SMILES string of the molecule is CCCCOCc1cc(F)c(F)c(F)c1F. The van der Waals surface area contributed by atoms with Crippen LogP contribution in [0.25, 0.3) is 0 Å². The molecule has 0 saturated heterocycles. The highest BCUT2D eigenvalue weighted by Crippen LogP contribution is 2.19. The fourth-order valence-electron chi connectivity index (χ4n) is 1.16. The predicted molar refractivity (Wildman–Crippen MR) is 50.8 cm³/mol. The van der Waals surface area contributed by atoms with E-state index in [1.54, 1.807) is 0 Å². The van der Waals surface area contributed by atoms with Crippen LogP contribution >= 0.6 is 0 Å². The first kappa shape index (κ1) is 13.0. The molecule has 0 bridgehead atoms. The summed E-state index contributed by atoms with van der Waals surface area (Å²) in [5.74, 6) is -6.40. The summed E-state index contributed by atoms with van der Waals surface area (Å²) in [7, 11) is 0. The van der Waals surface area contributed by atoms with Crippen LogP contribution in [0, 0.1) is 23.3 Å². The summed E-state index contributed by atoms with van der Waals surface area (Å²) >= 11 is 0. The van der Waals surface area contributed by atoms with Crippen LogP contribution in [0.15, 0.2) is 6.07 Å². The molecule has 16 heavy (non-hydrogen) atoms. The molecule has 0 spiro atoms. The van der Waals surface area contributed by atoms with Gasteiger partial charge >= 0.3 is 0 Å². The van der Waals surface area contributed by atoms with Crippen LogP contribution in [0.5, 0.6) is 0 Å². The minimum Gasteiger partial charge on any atom is -0.377 e. The molecule has 5 heteroatoms. The van der Waals surface area contributed by atoms with E-state index in [-0.39, 0.29) is 12.2 Å². The Balaban J connectivity index is 2.73. The predicted octanol–water partition coefficient (Wildman–Crippen LogP) is 3.56. The summed E-state index contributed by atoms with van der Waals surface area (Å²) < 4.78 is 56.2. The fourth-order valence-corrected chi connectivity index (χ4v) is 1.16. The van der Waals surface area contributed by atoms with Crippen LogP contribution in [0.3, 0.4) is 0 Å². The largest absolute Gasteiger partial charge is 0.377 e. The van der Waals surface area contributed by atoms with E-state index in [0.717, 1.165) is 12.8 Å². The molecule has 0 saturated carbocycles. The van der Waals surface area contributed by atoms with Gasteiger partial charge in [0.1, 0.15) is 0 Å². The maximum absolute atomic E-state index is 13.1. The van der Waals surface area contributed by atoms with Crippen molar-refractivity contribution in [3.05, 3.63) is 34.9 Å². The summed E-state index contributed by atoms with van der Waals surface area (Å²) in [6, 6.07) is 0.611. The van der Waals surface area contributed by atoms with Gasteiger partial charge in [-0.15, -0.1) is 0 Å². The summed E-state index contributed by atoms with van der Waals surface area (Å²) in [6.45, 7) is 2.05. The number of halogens is 4. The standard InChI is InChI=1S/C11H12F4O/c1-2-3-4-16-6-7-5-8(12)10(14)11(15)9(7)13/h5H,2-4,6H2,1H3. The lowest BCUT2D eigenvalue weighted by molar-refractivity contribution is 0.114. The number of rotatable bonds is 5. The van der Waals surface area contributed by atoms with Gasteiger partial charge in [-0.05, 0) is 12.5 Å². The van der Waals surface area contributed by atoms with Crippen LogP contribution in [0.4, 0.5) is 17.6 Å². The van der Waals surface area contributed by atoms with Gasteiger partial charge in [0.2, 0.25) is 0 Å². The second-order valence-corrected chi connectivity index (χ2v) is 3.37. The highest BCUT2D eigenvalue weighted by atomic mass is 19.2. The van der Waals surface area contributed by atoms with Gasteiger partial charge in [0.15, 0.2) is 23.3 Å². The quantitative estimate of drug-likeness (QED) is 0.329. The van der Waals surface area contributed by atoms with Gasteiger partial charge in [0.05, 0.1) is 6.61 Å². The Morgan fingerprint density at radius 2 is 1.75 bits per heavy atom. The fraction of sp³-hybridized carbons (Fsp3) is 0.455. The maximum Gasteiger partial charge on any atom is 0.197 e. The van der Waals surface area contributed by atoms with Crippen LogP contribution in [0.2, 0.25) is 0 Å². The maximum atomic E-state index is 13.1. The van der Waals surface area contributed by atoms with E-state index in [0.29, 0.717) is 12.7 Å². The van der Waals surface area contributed by atoms with Crippen molar-refractivity contribution in [2.24, 2.45) is 0 Å². The highest BCUT2D eigenvalue weighted by molar-refractivity contribution is 5.21. The Morgan fingerprint density at radius 1 is 1.06 bits per heavy atom. The molecule has 1 rings (SSSR count). The van der Waals surface area contributed by atoms with Crippen LogP contribution in [-0.4, -0.2) is 6.61 Å². The molecule has 0 aliphatic heterocycles. The molecule has 0 atom stereocenters. The van der Waals surface area contributed by atoms with E-state index in [4.69, 9.17) is 4.74 Å². The molecule has 0 unspecified atom stereocenters. The van der Waals surface area contributed by atoms with Gasteiger partial charge in [-0.3, -0.25) is 0 Å². The molecule has 1 aromatic rings. The van der Waals surface area contributed by atoms with Crippen LogP contribution in [0.1, 0.15) is 25.3 Å². The highest BCUT2D eigenvalue weighted by Gasteiger charge is 2.18. The Labute approximate surface area is 91.0 Å². The van der Waals surface area contributed by atoms with Gasteiger partial charge in [-0.1, -0.05) is 13.3 Å². The number of benzene rings is 1. The van der Waals surface area contributed by atoms with Crippen molar-refractivity contribution >= 4 is 0 Å². The normalized spacial score (nSPS) is 10.8. The van der Waals surface area contributed by atoms with Crippen molar-refractivity contribution < 1.29 is 22.3 Å². The second-order valence-electron chi connectivity index (χ2n) is 3.37. The Hall–Kier alpha value is -1.10. The lowest BCUT2D eigenvalue weighted by atomic mass is 10.2. The number of unbranched alkanes of at least 4 members (excludes halogenated alkanes) is 1. The Kier molecular flexibility index (Phi) is 4.73. The molecule has 90 valence electrons. The van der Waals surface area contributed by atoms with Crippen molar-refractivity contribution in [3.63, 3.8) is 0 Å². The molecule has 1 aromatic carbocycles. The summed E-state index contributed by atoms with van der Waals surface area (Å²) in [5.41, 5.74) is -0.312. The monoisotopic (exact) mass is 236 g/mol. The molecule has 0 N–H and O–H groups in total. The smallest absolute Gasteiger partial charge is 0.197 e. The number of ether oxygens (including phenoxy) is 1. The molecule has 0 aliphatic carbocycles. The first-order chi connectivity index (χ1) is 7.57. The van der Waals surface area contributed by atoms with Crippen molar-refractivity contribution in [1.82, 2.24) is 0 Å². The first-order valence-electron chi connectivity index (χ1n) is 4.97. The van der Waals surface area contributed by atoms with Gasteiger partial charge in [-0.25, -0.2) is 17.6 Å². The molecule has 0 aliphatic rings. The first-order valence-corrected chi connectivity index (χ1v) is 4.97. The van der Waals surface area contributed by atoms with Crippen LogP contribution < -0.4 is 0 Å². The van der Waals surface area contributed by atoms with Crippen LogP contribution in [-0.2, 0) is 11.3 Å². The zero-order chi connectivity index (χ0) is 12.1. The van der Waals surface area contributed by atoms with Crippen molar-refractivity contribution in [3.8, 4) is 0 Å². The third-order valence-electron chi connectivity index (χ3n) is 2.08. The molecular formula is C11H12F4O. The summed E-state index contributed by atoms with van der Waals surface area (Å²) in [4.78, 5) is 0. The van der Waals surface area contributed by atoms with E-state index < -0.39 is 23.3 Å². The van der Waals surface area contributed by atoms with Gasteiger partial charge in [0, 0.05) is 12.2 Å². The third kappa shape index (κ3) is 2.95. The average molecular weight is 236 g/mol. The average Bonchev–Trinajstić information content (AvgIpc) is 2.28. The number of hydrogen-bond donors (Lipinski definition) is 0. The van der Waals surface area contributed by atoms with E-state index in [1.807, 2.05) is 6.92 Å².